The molecule has 0 unspecified atom stereocenters. The normalized spacial score (nSPS) is 11.3. The Balaban J connectivity index is 3.64. The van der Waals surface area contributed by atoms with Crippen LogP contribution in [-0.2, 0) is 10.1 Å². The third-order valence-corrected chi connectivity index (χ3v) is 2.47. The molecule has 0 spiro atoms. The van der Waals surface area contributed by atoms with Crippen LogP contribution in [-0.4, -0.2) is 23.0 Å². The van der Waals surface area contributed by atoms with Crippen molar-refractivity contribution >= 4 is 21.5 Å². The van der Waals surface area contributed by atoms with Gasteiger partial charge in [-0.05, 0) is 0 Å². The smallest absolute Gasteiger partial charge is 0.301 e. The van der Waals surface area contributed by atoms with Crippen molar-refractivity contribution in [1.29, 1.82) is 0 Å². The first kappa shape index (κ1) is 11.2. The molecule has 0 radical (unpaired) electrons. The van der Waals surface area contributed by atoms with Crippen molar-refractivity contribution in [2.45, 2.75) is 4.90 Å². The Kier molecular flexibility index (Phi) is 2.51. The Morgan fingerprint density at radius 3 is 2.33 bits per heavy atom. The fourth-order valence-corrected chi connectivity index (χ4v) is 1.58. The molecule has 9 heteroatoms. The third kappa shape index (κ3) is 2.14. The van der Waals surface area contributed by atoms with Gasteiger partial charge in [0.2, 0.25) is 0 Å². The summed E-state index contributed by atoms with van der Waals surface area (Å²) in [6, 6.07) is 1.17. The molecule has 0 aliphatic rings. The van der Waals surface area contributed by atoms with Gasteiger partial charge in [0.05, 0.1) is 10.6 Å². The van der Waals surface area contributed by atoms with E-state index < -0.39 is 31.4 Å². The summed E-state index contributed by atoms with van der Waals surface area (Å²) in [4.78, 5) is 8.40. The number of hydrogen-bond donors (Lipinski definition) is 3. The molecule has 1 aromatic carbocycles. The first-order valence-corrected chi connectivity index (χ1v) is 4.92. The minimum atomic E-state index is -4.77. The van der Waals surface area contributed by atoms with Gasteiger partial charge in [-0.3, -0.25) is 14.7 Å². The second-order valence-corrected chi connectivity index (χ2v) is 4.00. The summed E-state index contributed by atoms with van der Waals surface area (Å²) in [7, 11) is -4.77. The number of benzene rings is 1. The average molecular weight is 234 g/mol. The highest BCUT2D eigenvalue weighted by Crippen LogP contribution is 2.32. The van der Waals surface area contributed by atoms with E-state index in [2.05, 4.69) is 0 Å². The summed E-state index contributed by atoms with van der Waals surface area (Å²) in [6.45, 7) is 0. The Labute approximate surface area is 83.8 Å². The first-order valence-electron chi connectivity index (χ1n) is 3.48. The van der Waals surface area contributed by atoms with Crippen LogP contribution in [0.15, 0.2) is 17.0 Å². The fraction of sp³-hybridized carbons (Fsp3) is 0. The van der Waals surface area contributed by atoms with E-state index in [0.717, 1.165) is 0 Å². The molecule has 0 aliphatic carbocycles. The molecular formula is C6H6N2O6S. The van der Waals surface area contributed by atoms with Gasteiger partial charge in [-0.1, -0.05) is 0 Å². The predicted molar refractivity (Wildman–Crippen MR) is 49.0 cm³/mol. The zero-order chi connectivity index (χ0) is 11.8. The van der Waals surface area contributed by atoms with Gasteiger partial charge in [0.15, 0.2) is 4.90 Å². The highest BCUT2D eigenvalue weighted by molar-refractivity contribution is 7.86. The second-order valence-electron chi connectivity index (χ2n) is 2.61. The van der Waals surface area contributed by atoms with Crippen molar-refractivity contribution in [3.05, 3.63) is 22.2 Å². The van der Waals surface area contributed by atoms with E-state index in [1.54, 1.807) is 0 Å². The van der Waals surface area contributed by atoms with Gasteiger partial charge in [0.1, 0.15) is 5.75 Å². The van der Waals surface area contributed by atoms with Gasteiger partial charge in [-0.25, -0.2) is 0 Å². The fourth-order valence-electron chi connectivity index (χ4n) is 0.923. The lowest BCUT2D eigenvalue weighted by Crippen LogP contribution is -2.04. The standard InChI is InChI=1S/C6H6N2O6S/c7-3-1-4(8(10)11)6(2-5(3)9)15(12,13)14/h1-2,9H,7H2,(H,12,13,14). The second kappa shape index (κ2) is 3.37. The maximum atomic E-state index is 10.7. The molecule has 0 aliphatic heterocycles. The number of phenolic OH excluding ortho intramolecular Hbond substituents is 1. The molecule has 0 bridgehead atoms. The zero-order valence-electron chi connectivity index (χ0n) is 7.11. The van der Waals surface area contributed by atoms with E-state index in [9.17, 15) is 18.5 Å². The lowest BCUT2D eigenvalue weighted by atomic mass is 10.2. The minimum absolute atomic E-state index is 0.353. The molecule has 82 valence electrons. The minimum Gasteiger partial charge on any atom is -0.506 e. The topological polar surface area (TPSA) is 144 Å². The number of rotatable bonds is 2. The molecule has 0 saturated carbocycles. The van der Waals surface area contributed by atoms with E-state index in [1.165, 1.54) is 0 Å². The van der Waals surface area contributed by atoms with Gasteiger partial charge in [0.25, 0.3) is 5.69 Å². The monoisotopic (exact) mass is 234 g/mol. The summed E-state index contributed by atoms with van der Waals surface area (Å²) in [6.07, 6.45) is 0. The van der Waals surface area contributed by atoms with Gasteiger partial charge >= 0.3 is 10.1 Å². The molecule has 0 heterocycles. The molecule has 0 amide bonds. The van der Waals surface area contributed by atoms with Crippen LogP contribution in [0.5, 0.6) is 5.75 Å². The predicted octanol–water partition coefficient (Wildman–Crippen LogP) is 0.129. The number of nitrogens with zero attached hydrogens (tertiary/aromatic N) is 1. The number of nitro groups is 1. The van der Waals surface area contributed by atoms with Crippen LogP contribution in [0.25, 0.3) is 0 Å². The van der Waals surface area contributed by atoms with Crippen molar-refractivity contribution < 1.29 is 23.0 Å². The first-order chi connectivity index (χ1) is 6.73. The Morgan fingerprint density at radius 1 is 1.40 bits per heavy atom. The summed E-state index contributed by atoms with van der Waals surface area (Å²) < 4.78 is 30.1. The van der Waals surface area contributed by atoms with Crippen molar-refractivity contribution in [3.8, 4) is 5.75 Å². The Hall–Kier alpha value is -1.87. The molecule has 0 aromatic heterocycles. The van der Waals surface area contributed by atoms with E-state index in [-0.39, 0.29) is 5.69 Å². The number of nitrogen functional groups attached to an aromatic ring is 1. The number of anilines is 1. The third-order valence-electron chi connectivity index (χ3n) is 1.58. The molecule has 1 rings (SSSR count). The quantitative estimate of drug-likeness (QED) is 0.217. The summed E-state index contributed by atoms with van der Waals surface area (Å²) in [5.41, 5.74) is 3.89. The number of nitrogens with two attached hydrogens (primary N) is 1. The molecule has 4 N–H and O–H groups in total. The molecule has 0 atom stereocenters. The molecule has 8 nitrogen and oxygen atoms in total. The van der Waals surface area contributed by atoms with Gasteiger partial charge in [0, 0.05) is 12.1 Å². The van der Waals surface area contributed by atoms with E-state index in [4.69, 9.17) is 15.4 Å². The summed E-state index contributed by atoms with van der Waals surface area (Å²) >= 11 is 0. The van der Waals surface area contributed by atoms with Crippen LogP contribution in [0.2, 0.25) is 0 Å². The van der Waals surface area contributed by atoms with Crippen molar-refractivity contribution in [2.24, 2.45) is 0 Å². The van der Waals surface area contributed by atoms with E-state index >= 15 is 0 Å². The van der Waals surface area contributed by atoms with Crippen LogP contribution in [0.1, 0.15) is 0 Å². The molecule has 0 saturated heterocycles. The van der Waals surface area contributed by atoms with Crippen LogP contribution < -0.4 is 5.73 Å². The number of hydrogen-bond acceptors (Lipinski definition) is 6. The van der Waals surface area contributed by atoms with Crippen molar-refractivity contribution in [1.82, 2.24) is 0 Å². The van der Waals surface area contributed by atoms with Gasteiger partial charge in [-0.2, -0.15) is 8.42 Å². The molecule has 15 heavy (non-hydrogen) atoms. The van der Waals surface area contributed by atoms with Crippen LogP contribution in [0.3, 0.4) is 0 Å². The zero-order valence-corrected chi connectivity index (χ0v) is 7.93. The number of nitro benzene ring substituents is 1. The van der Waals surface area contributed by atoms with E-state index in [0.29, 0.717) is 12.1 Å². The average Bonchev–Trinajstić information content (AvgIpc) is 2.06. The Bertz CT molecular complexity index is 523. The van der Waals surface area contributed by atoms with Crippen molar-refractivity contribution in [2.75, 3.05) is 5.73 Å². The van der Waals surface area contributed by atoms with Crippen LogP contribution >= 0.6 is 0 Å². The van der Waals surface area contributed by atoms with Gasteiger partial charge in [-0.15, -0.1) is 0 Å². The molecule has 1 aromatic rings. The SMILES string of the molecule is Nc1cc([N+](=O)[O-])c(S(=O)(=O)O)cc1O. The lowest BCUT2D eigenvalue weighted by molar-refractivity contribution is -0.387. The highest BCUT2D eigenvalue weighted by Gasteiger charge is 2.25. The molecular weight excluding hydrogens is 228 g/mol. The lowest BCUT2D eigenvalue weighted by Gasteiger charge is -2.02. The Morgan fingerprint density at radius 2 is 1.93 bits per heavy atom. The van der Waals surface area contributed by atoms with Crippen molar-refractivity contribution in [3.63, 3.8) is 0 Å². The number of aromatic hydroxyl groups is 1. The maximum Gasteiger partial charge on any atom is 0.301 e. The highest BCUT2D eigenvalue weighted by atomic mass is 32.2. The van der Waals surface area contributed by atoms with Crippen LogP contribution in [0.4, 0.5) is 11.4 Å². The number of phenols is 1. The summed E-state index contributed by atoms with van der Waals surface area (Å²) in [5, 5.41) is 19.5. The van der Waals surface area contributed by atoms with Gasteiger partial charge < -0.3 is 10.8 Å². The van der Waals surface area contributed by atoms with E-state index in [1.807, 2.05) is 0 Å². The largest absolute Gasteiger partial charge is 0.506 e. The molecule has 0 fully saturated rings. The van der Waals surface area contributed by atoms with Crippen LogP contribution in [0, 0.1) is 10.1 Å². The maximum absolute atomic E-state index is 10.7. The summed E-state index contributed by atoms with van der Waals surface area (Å²) in [5.74, 6) is -0.659.